The van der Waals surface area contributed by atoms with Gasteiger partial charge in [0.1, 0.15) is 0 Å². The van der Waals surface area contributed by atoms with Crippen LogP contribution >= 0.6 is 0 Å². The summed E-state index contributed by atoms with van der Waals surface area (Å²) in [7, 11) is -3.49. The number of piperidine rings is 1. The minimum atomic E-state index is -3.49. The van der Waals surface area contributed by atoms with Crippen LogP contribution in [0.3, 0.4) is 0 Å². The van der Waals surface area contributed by atoms with Crippen molar-refractivity contribution >= 4 is 27.5 Å². The van der Waals surface area contributed by atoms with Gasteiger partial charge in [0, 0.05) is 43.9 Å². The van der Waals surface area contributed by atoms with Crippen molar-refractivity contribution in [2.24, 2.45) is 0 Å². The van der Waals surface area contributed by atoms with Crippen molar-refractivity contribution in [2.45, 2.75) is 43.5 Å². The van der Waals surface area contributed by atoms with E-state index < -0.39 is 10.0 Å². The van der Waals surface area contributed by atoms with Crippen molar-refractivity contribution in [3.8, 4) is 0 Å². The second kappa shape index (κ2) is 9.20. The number of hydrogen-bond acceptors (Lipinski definition) is 4. The number of rotatable bonds is 6. The van der Waals surface area contributed by atoms with E-state index in [1.807, 2.05) is 17.0 Å². The van der Waals surface area contributed by atoms with E-state index in [2.05, 4.69) is 5.32 Å². The van der Waals surface area contributed by atoms with E-state index >= 15 is 0 Å². The summed E-state index contributed by atoms with van der Waals surface area (Å²) in [6.45, 7) is 2.46. The maximum Gasteiger partial charge on any atom is 0.255 e. The van der Waals surface area contributed by atoms with Gasteiger partial charge in [-0.05, 0) is 61.2 Å². The van der Waals surface area contributed by atoms with Crippen molar-refractivity contribution in [3.05, 3.63) is 59.7 Å². The number of likely N-dealkylation sites (tertiary alicyclic amines) is 1. The first-order valence-corrected chi connectivity index (χ1v) is 12.2. The number of sulfonamides is 1. The van der Waals surface area contributed by atoms with Crippen LogP contribution < -0.4 is 5.32 Å². The Labute approximate surface area is 183 Å². The van der Waals surface area contributed by atoms with E-state index in [9.17, 15) is 18.0 Å². The molecule has 164 valence electrons. The van der Waals surface area contributed by atoms with Gasteiger partial charge in [0.15, 0.2) is 0 Å². The van der Waals surface area contributed by atoms with Gasteiger partial charge in [-0.3, -0.25) is 9.59 Å². The molecule has 0 unspecified atom stereocenters. The topological polar surface area (TPSA) is 86.8 Å². The number of amides is 2. The Kier molecular flexibility index (Phi) is 6.38. The van der Waals surface area contributed by atoms with Crippen LogP contribution in [0.4, 0.5) is 5.69 Å². The Morgan fingerprint density at radius 2 is 1.55 bits per heavy atom. The molecule has 2 amide bonds. The molecule has 2 aliphatic rings. The minimum absolute atomic E-state index is 0.174. The molecule has 2 aliphatic heterocycles. The molecule has 2 saturated heterocycles. The molecule has 2 fully saturated rings. The zero-order chi connectivity index (χ0) is 21.8. The van der Waals surface area contributed by atoms with Crippen LogP contribution in [-0.2, 0) is 21.4 Å². The summed E-state index contributed by atoms with van der Waals surface area (Å²) in [6, 6.07) is 13.5. The molecule has 0 aromatic heterocycles. The molecule has 2 aromatic carbocycles. The summed E-state index contributed by atoms with van der Waals surface area (Å²) in [5, 5.41) is 2.80. The van der Waals surface area contributed by atoms with E-state index in [4.69, 9.17) is 0 Å². The molecule has 31 heavy (non-hydrogen) atoms. The smallest absolute Gasteiger partial charge is 0.255 e. The Bertz CT molecular complexity index is 1040. The van der Waals surface area contributed by atoms with Crippen LogP contribution in [0.15, 0.2) is 53.4 Å². The second-order valence-electron chi connectivity index (χ2n) is 8.06. The lowest BCUT2D eigenvalue weighted by atomic mass is 10.1. The molecule has 1 N–H and O–H groups in total. The van der Waals surface area contributed by atoms with Crippen molar-refractivity contribution in [2.75, 3.05) is 25.0 Å². The lowest BCUT2D eigenvalue weighted by Gasteiger charge is -2.25. The van der Waals surface area contributed by atoms with Crippen LogP contribution in [-0.4, -0.2) is 49.1 Å². The number of anilines is 1. The summed E-state index contributed by atoms with van der Waals surface area (Å²) in [5.74, 6) is -0.0944. The number of nitrogens with one attached hydrogen (secondary N) is 1. The molecule has 4 rings (SSSR count). The van der Waals surface area contributed by atoms with E-state index in [1.165, 1.54) is 16.4 Å². The van der Waals surface area contributed by atoms with Crippen LogP contribution in [0.2, 0.25) is 0 Å². The number of nitrogens with zero attached hydrogens (tertiary/aromatic N) is 2. The average molecular weight is 442 g/mol. The van der Waals surface area contributed by atoms with Gasteiger partial charge in [0.2, 0.25) is 15.9 Å². The maximum absolute atomic E-state index is 12.7. The van der Waals surface area contributed by atoms with Crippen LogP contribution in [0.5, 0.6) is 0 Å². The van der Waals surface area contributed by atoms with Gasteiger partial charge in [-0.25, -0.2) is 8.42 Å². The number of hydrogen-bond donors (Lipinski definition) is 1. The molecule has 0 saturated carbocycles. The van der Waals surface area contributed by atoms with Crippen molar-refractivity contribution < 1.29 is 18.0 Å². The molecule has 0 bridgehead atoms. The summed E-state index contributed by atoms with van der Waals surface area (Å²) in [5.41, 5.74) is 2.02. The molecular weight excluding hydrogens is 414 g/mol. The Morgan fingerprint density at radius 1 is 0.871 bits per heavy atom. The van der Waals surface area contributed by atoms with E-state index in [-0.39, 0.29) is 16.7 Å². The standard InChI is InChI=1S/C23H27N3O4S/c27-22-5-4-14-25(22)17-18-6-8-19(9-7-18)23(28)24-20-10-12-21(13-11-20)31(29,30)26-15-2-1-3-16-26/h6-13H,1-5,14-17H2,(H,24,28). The molecule has 2 aromatic rings. The third-order valence-corrected chi connectivity index (χ3v) is 7.74. The van der Waals surface area contributed by atoms with Crippen molar-refractivity contribution in [3.63, 3.8) is 0 Å². The zero-order valence-electron chi connectivity index (χ0n) is 17.4. The van der Waals surface area contributed by atoms with Crippen molar-refractivity contribution in [1.82, 2.24) is 9.21 Å². The van der Waals surface area contributed by atoms with Gasteiger partial charge in [0.05, 0.1) is 4.90 Å². The SMILES string of the molecule is O=C(Nc1ccc(S(=O)(=O)N2CCCCC2)cc1)c1ccc(CN2CCCC2=O)cc1. The fourth-order valence-electron chi connectivity index (χ4n) is 4.02. The highest BCUT2D eigenvalue weighted by Gasteiger charge is 2.25. The summed E-state index contributed by atoms with van der Waals surface area (Å²) < 4.78 is 27.0. The molecule has 0 aliphatic carbocycles. The minimum Gasteiger partial charge on any atom is -0.338 e. The van der Waals surface area contributed by atoms with Crippen molar-refractivity contribution in [1.29, 1.82) is 0 Å². The first-order valence-electron chi connectivity index (χ1n) is 10.7. The molecule has 7 nitrogen and oxygen atoms in total. The highest BCUT2D eigenvalue weighted by molar-refractivity contribution is 7.89. The Balaban J connectivity index is 1.37. The molecule has 0 atom stereocenters. The average Bonchev–Trinajstić information content (AvgIpc) is 3.19. The quantitative estimate of drug-likeness (QED) is 0.746. The van der Waals surface area contributed by atoms with Crippen LogP contribution in [0.1, 0.15) is 48.0 Å². The predicted octanol–water partition coefficient (Wildman–Crippen LogP) is 3.24. The lowest BCUT2D eigenvalue weighted by Crippen LogP contribution is -2.35. The Hall–Kier alpha value is -2.71. The third-order valence-electron chi connectivity index (χ3n) is 5.83. The first kappa shape index (κ1) is 21.5. The van der Waals surface area contributed by atoms with Gasteiger partial charge in [0.25, 0.3) is 5.91 Å². The van der Waals surface area contributed by atoms with E-state index in [1.54, 1.807) is 24.3 Å². The Morgan fingerprint density at radius 3 is 2.16 bits per heavy atom. The van der Waals surface area contributed by atoms with Gasteiger partial charge in [-0.1, -0.05) is 18.6 Å². The van der Waals surface area contributed by atoms with Gasteiger partial charge >= 0.3 is 0 Å². The zero-order valence-corrected chi connectivity index (χ0v) is 18.2. The fraction of sp³-hybridized carbons (Fsp3) is 0.391. The second-order valence-corrected chi connectivity index (χ2v) is 10.00. The normalized spacial score (nSPS) is 17.7. The van der Waals surface area contributed by atoms with Crippen LogP contribution in [0, 0.1) is 0 Å². The molecular formula is C23H27N3O4S. The number of benzene rings is 2. The molecule has 0 spiro atoms. The number of carbonyl (C=O) groups is 2. The highest BCUT2D eigenvalue weighted by atomic mass is 32.2. The largest absolute Gasteiger partial charge is 0.338 e. The third kappa shape index (κ3) is 4.97. The lowest BCUT2D eigenvalue weighted by molar-refractivity contribution is -0.128. The predicted molar refractivity (Wildman–Crippen MR) is 118 cm³/mol. The molecule has 8 heteroatoms. The highest BCUT2D eigenvalue weighted by Crippen LogP contribution is 2.22. The van der Waals surface area contributed by atoms with Gasteiger partial charge in [-0.2, -0.15) is 4.31 Å². The monoisotopic (exact) mass is 441 g/mol. The molecule has 0 radical (unpaired) electrons. The van der Waals surface area contributed by atoms with E-state index in [0.29, 0.717) is 37.3 Å². The van der Waals surface area contributed by atoms with Gasteiger partial charge < -0.3 is 10.2 Å². The molecule has 2 heterocycles. The summed E-state index contributed by atoms with van der Waals surface area (Å²) in [6.07, 6.45) is 4.35. The first-order chi connectivity index (χ1) is 14.9. The van der Waals surface area contributed by atoms with E-state index in [0.717, 1.165) is 37.8 Å². The number of carbonyl (C=O) groups excluding carboxylic acids is 2. The van der Waals surface area contributed by atoms with Gasteiger partial charge in [-0.15, -0.1) is 0 Å². The maximum atomic E-state index is 12.7. The fourth-order valence-corrected chi connectivity index (χ4v) is 5.54. The summed E-state index contributed by atoms with van der Waals surface area (Å²) >= 11 is 0. The van der Waals surface area contributed by atoms with Crippen LogP contribution in [0.25, 0.3) is 0 Å². The summed E-state index contributed by atoms with van der Waals surface area (Å²) in [4.78, 5) is 26.4.